The Kier molecular flexibility index (Phi) is 9.22. The summed E-state index contributed by atoms with van der Waals surface area (Å²) in [5.74, 6) is -0.612. The van der Waals surface area contributed by atoms with Crippen molar-refractivity contribution in [2.24, 2.45) is 0 Å². The molecule has 0 aliphatic carbocycles. The number of thiazole rings is 1. The van der Waals surface area contributed by atoms with Gasteiger partial charge < -0.3 is 4.90 Å². The molecule has 1 aliphatic rings. The van der Waals surface area contributed by atoms with Gasteiger partial charge in [0, 0.05) is 25.2 Å². The van der Waals surface area contributed by atoms with Crippen molar-refractivity contribution in [3.8, 4) is 0 Å². The van der Waals surface area contributed by atoms with Crippen LogP contribution in [0.15, 0.2) is 47.4 Å². The predicted octanol–water partition coefficient (Wildman–Crippen LogP) is 4.63. The molecule has 4 rings (SSSR count). The van der Waals surface area contributed by atoms with Crippen LogP contribution in [-0.2, 0) is 10.0 Å². The Morgan fingerprint density at radius 1 is 1.06 bits per heavy atom. The molecule has 3 aromatic rings. The summed E-state index contributed by atoms with van der Waals surface area (Å²) in [7, 11) is 0.368. The number of amides is 1. The van der Waals surface area contributed by atoms with Crippen molar-refractivity contribution in [2.75, 3.05) is 45.2 Å². The van der Waals surface area contributed by atoms with Crippen LogP contribution >= 0.6 is 23.7 Å². The smallest absolute Gasteiger partial charge is 0.260 e. The van der Waals surface area contributed by atoms with Crippen molar-refractivity contribution in [3.63, 3.8) is 0 Å². The van der Waals surface area contributed by atoms with Crippen LogP contribution in [0, 0.1) is 5.82 Å². The highest BCUT2D eigenvalue weighted by atomic mass is 35.5. The molecule has 2 heterocycles. The number of hydrogen-bond acceptors (Lipinski definition) is 6. The summed E-state index contributed by atoms with van der Waals surface area (Å²) in [6.07, 6.45) is 3.50. The molecular formula is C24H30ClFN4O3S2. The molecule has 1 fully saturated rings. The van der Waals surface area contributed by atoms with Crippen LogP contribution in [0.1, 0.15) is 36.0 Å². The third-order valence-corrected chi connectivity index (χ3v) is 8.81. The first-order valence-corrected chi connectivity index (χ1v) is 13.6. The molecule has 0 spiro atoms. The SMILES string of the molecule is CN(C)CCCN(C(=O)c1ccc(S(=O)(=O)N2CCCCC2)cc1)c1nc2ccc(F)cc2s1.Cl. The van der Waals surface area contributed by atoms with Crippen molar-refractivity contribution in [1.82, 2.24) is 14.2 Å². The highest BCUT2D eigenvalue weighted by Crippen LogP contribution is 2.31. The molecule has 1 amide bonds. The zero-order valence-corrected chi connectivity index (χ0v) is 22.3. The topological polar surface area (TPSA) is 73.8 Å². The maximum Gasteiger partial charge on any atom is 0.260 e. The normalized spacial score (nSPS) is 14.7. The van der Waals surface area contributed by atoms with Crippen molar-refractivity contribution < 1.29 is 17.6 Å². The second kappa shape index (κ2) is 11.7. The van der Waals surface area contributed by atoms with Gasteiger partial charge in [0.2, 0.25) is 10.0 Å². The molecule has 7 nitrogen and oxygen atoms in total. The second-order valence-corrected chi connectivity index (χ2v) is 11.7. The van der Waals surface area contributed by atoms with Crippen molar-refractivity contribution in [3.05, 3.63) is 53.8 Å². The molecule has 1 aromatic heterocycles. The summed E-state index contributed by atoms with van der Waals surface area (Å²) in [4.78, 5) is 21.9. The van der Waals surface area contributed by atoms with Gasteiger partial charge in [0.05, 0.1) is 15.1 Å². The van der Waals surface area contributed by atoms with E-state index in [-0.39, 0.29) is 29.0 Å². The van der Waals surface area contributed by atoms with Crippen LogP contribution in [0.25, 0.3) is 10.2 Å². The van der Waals surface area contributed by atoms with E-state index in [4.69, 9.17) is 0 Å². The van der Waals surface area contributed by atoms with Crippen molar-refractivity contribution >= 4 is 55.0 Å². The number of sulfonamides is 1. The van der Waals surface area contributed by atoms with E-state index in [9.17, 15) is 17.6 Å². The number of fused-ring (bicyclic) bond motifs is 1. The molecule has 0 bridgehead atoms. The standard InChI is InChI=1S/C24H29FN4O3S2.ClH/c1-27(2)13-6-16-29(24-26-21-12-9-19(25)17-22(21)33-24)23(30)18-7-10-20(11-8-18)34(31,32)28-14-4-3-5-15-28;/h7-12,17H,3-6,13-16H2,1-2H3;1H. The number of rotatable bonds is 8. The molecule has 190 valence electrons. The highest BCUT2D eigenvalue weighted by Gasteiger charge is 2.27. The average molecular weight is 541 g/mol. The van der Waals surface area contributed by atoms with Crippen LogP contribution in [-0.4, -0.2) is 68.8 Å². The molecular weight excluding hydrogens is 511 g/mol. The lowest BCUT2D eigenvalue weighted by atomic mass is 10.2. The van der Waals surface area contributed by atoms with Gasteiger partial charge in [-0.15, -0.1) is 12.4 Å². The Balaban J connectivity index is 0.00000342. The first-order valence-electron chi connectivity index (χ1n) is 11.4. The summed E-state index contributed by atoms with van der Waals surface area (Å²) < 4.78 is 41.7. The Morgan fingerprint density at radius 3 is 2.40 bits per heavy atom. The molecule has 11 heteroatoms. The third kappa shape index (κ3) is 6.37. The minimum Gasteiger partial charge on any atom is -0.309 e. The lowest BCUT2D eigenvalue weighted by molar-refractivity contribution is 0.0986. The summed E-state index contributed by atoms with van der Waals surface area (Å²) in [5, 5.41) is 0.495. The van der Waals surface area contributed by atoms with Crippen LogP contribution in [0.3, 0.4) is 0 Å². The number of carbonyl (C=O) groups excluding carboxylic acids is 1. The fourth-order valence-corrected chi connectivity index (χ4v) is 6.54. The lowest BCUT2D eigenvalue weighted by Crippen LogP contribution is -2.35. The summed E-state index contributed by atoms with van der Waals surface area (Å²) >= 11 is 1.27. The van der Waals surface area contributed by atoms with E-state index in [1.807, 2.05) is 19.0 Å². The second-order valence-electron chi connectivity index (χ2n) is 8.71. The average Bonchev–Trinajstić information content (AvgIpc) is 3.24. The molecule has 0 saturated carbocycles. The van der Waals surface area contributed by atoms with Gasteiger partial charge in [0.15, 0.2) is 5.13 Å². The minimum absolute atomic E-state index is 0. The molecule has 0 radical (unpaired) electrons. The number of hydrogen-bond donors (Lipinski definition) is 0. The molecule has 35 heavy (non-hydrogen) atoms. The first kappa shape index (κ1) is 27.5. The van der Waals surface area contributed by atoms with E-state index in [0.717, 1.165) is 32.2 Å². The van der Waals surface area contributed by atoms with Gasteiger partial charge in [0.25, 0.3) is 5.91 Å². The number of halogens is 2. The largest absolute Gasteiger partial charge is 0.309 e. The van der Waals surface area contributed by atoms with Gasteiger partial charge in [-0.2, -0.15) is 4.31 Å². The predicted molar refractivity (Wildman–Crippen MR) is 141 cm³/mol. The number of anilines is 1. The molecule has 1 saturated heterocycles. The summed E-state index contributed by atoms with van der Waals surface area (Å²) in [6.45, 7) is 2.28. The van der Waals surface area contributed by atoms with Crippen LogP contribution in [0.4, 0.5) is 9.52 Å². The van der Waals surface area contributed by atoms with Crippen LogP contribution in [0.2, 0.25) is 0 Å². The number of nitrogens with zero attached hydrogens (tertiary/aromatic N) is 4. The number of carbonyl (C=O) groups is 1. The number of benzene rings is 2. The van der Waals surface area contributed by atoms with Gasteiger partial charge in [-0.1, -0.05) is 17.8 Å². The Bertz CT molecular complexity index is 1260. The van der Waals surface area contributed by atoms with E-state index in [2.05, 4.69) is 4.98 Å². The third-order valence-electron chi connectivity index (χ3n) is 5.86. The van der Waals surface area contributed by atoms with Crippen molar-refractivity contribution in [2.45, 2.75) is 30.6 Å². The van der Waals surface area contributed by atoms with E-state index in [0.29, 0.717) is 40.5 Å². The summed E-state index contributed by atoms with van der Waals surface area (Å²) in [5.41, 5.74) is 1.02. The monoisotopic (exact) mass is 540 g/mol. The molecule has 2 aromatic carbocycles. The Morgan fingerprint density at radius 2 is 1.74 bits per heavy atom. The number of piperidine rings is 1. The zero-order chi connectivity index (χ0) is 24.3. The van der Waals surface area contributed by atoms with E-state index >= 15 is 0 Å². The zero-order valence-electron chi connectivity index (χ0n) is 19.8. The van der Waals surface area contributed by atoms with Gasteiger partial charge in [0.1, 0.15) is 5.82 Å². The molecule has 0 unspecified atom stereocenters. The Labute approximate surface area is 216 Å². The molecule has 0 atom stereocenters. The van der Waals surface area contributed by atoms with Gasteiger partial charge in [-0.05, 0) is 82.4 Å². The Hall–Kier alpha value is -2.11. The first-order chi connectivity index (χ1) is 16.3. The van der Waals surface area contributed by atoms with Crippen LogP contribution < -0.4 is 4.90 Å². The summed E-state index contributed by atoms with van der Waals surface area (Å²) in [6, 6.07) is 10.5. The van der Waals surface area contributed by atoms with Gasteiger partial charge in [-0.25, -0.2) is 17.8 Å². The van der Waals surface area contributed by atoms with Crippen LogP contribution in [0.5, 0.6) is 0 Å². The van der Waals surface area contributed by atoms with E-state index in [1.54, 1.807) is 23.1 Å². The van der Waals surface area contributed by atoms with E-state index in [1.165, 1.54) is 39.9 Å². The van der Waals surface area contributed by atoms with Gasteiger partial charge >= 0.3 is 0 Å². The maximum absolute atomic E-state index is 13.7. The highest BCUT2D eigenvalue weighted by molar-refractivity contribution is 7.89. The van der Waals surface area contributed by atoms with E-state index < -0.39 is 10.0 Å². The fraction of sp³-hybridized carbons (Fsp3) is 0.417. The minimum atomic E-state index is -3.56. The maximum atomic E-state index is 13.7. The van der Waals surface area contributed by atoms with Gasteiger partial charge in [-0.3, -0.25) is 9.69 Å². The fourth-order valence-electron chi connectivity index (χ4n) is 4.01. The quantitative estimate of drug-likeness (QED) is 0.416. The molecule has 1 aliphatic heterocycles. The lowest BCUT2D eigenvalue weighted by Gasteiger charge is -2.26. The number of aromatic nitrogens is 1. The molecule has 0 N–H and O–H groups in total. The van der Waals surface area contributed by atoms with Crippen molar-refractivity contribution in [1.29, 1.82) is 0 Å².